The number of aryl methyl sites for hydroxylation is 14. The van der Waals surface area contributed by atoms with E-state index in [0.29, 0.717) is 82.7 Å². The molecule has 25 nitrogen and oxygen atoms in total. The zero-order valence-electron chi connectivity index (χ0n) is 83.8. The first-order valence-electron chi connectivity index (χ1n) is 46.4. The zero-order chi connectivity index (χ0) is 107. The molecular formula is C120H126O25. The highest BCUT2D eigenvalue weighted by Gasteiger charge is 2.29. The summed E-state index contributed by atoms with van der Waals surface area (Å²) in [6.45, 7) is 31.0. The summed E-state index contributed by atoms with van der Waals surface area (Å²) in [5.74, 6) is -1.86. The fraction of sp³-hybridized carbons (Fsp3) is 0.200. The van der Waals surface area contributed by atoms with Gasteiger partial charge in [0.05, 0.1) is 0 Å². The number of rotatable bonds is 16. The second kappa shape index (κ2) is 47.2. The Morgan fingerprint density at radius 1 is 0.159 bits per heavy atom. The molecule has 25 heteroatoms. The summed E-state index contributed by atoms with van der Waals surface area (Å²) < 4.78 is 0. The lowest BCUT2D eigenvalue weighted by Crippen LogP contribution is -2.07. The Balaban J connectivity index is 0.000000174. The standard InChI is InChI=1S/C22H22O4.C21H20O4.2C16H18O3.2C15H16O4.C15H16O3/c1-12-4-6-15(7-5-12)20(16-8-10-18(23)13(2)21(16)25)17-9-11-19(24)14(3)22(17)26;1-12-8-17(22)19(24)10-15(12)21(14-6-4-3-5-7-14)16-11-20(25)18(23)9-13(16)2;1-9-6-14(17)15(18)8-13(9)7-12-4-10(2)16(19)11(3)5-12;1-9-6-12(7-10(2)15(9)18)8-13-4-5-14(17)11(3)16(13)19;1-8-3-12(16)14(18)6-10(8)5-11-7-15(19)13(17)4-9(11)2;1-8-5-10(6-9(2)13(8)17)7-11-3-4-12(16)15(19)14(11)18;1-9-5-11(6-10(2)15(9)18)7-12-3-4-13(16)8-14(12)17/h4-11,20,23-26H,1-3H3;3-11,21-25H,1-2H3;4-6,8,17-19H,7H2,1-3H3;4-7,17-19H,8H2,1-3H3;3-4,6-7,16-19H,5H2,1-2H3;3-6,16-19H,7H2,1-2H3;3-6,8,16-18H,7H2,1-2H3. The van der Waals surface area contributed by atoms with Gasteiger partial charge in [-0.3, -0.25) is 0 Å². The molecule has 0 saturated heterocycles. The van der Waals surface area contributed by atoms with Gasteiger partial charge in [-0.15, -0.1) is 0 Å². The van der Waals surface area contributed by atoms with Crippen molar-refractivity contribution in [2.24, 2.45) is 0 Å². The van der Waals surface area contributed by atoms with E-state index in [2.05, 4.69) is 0 Å². The van der Waals surface area contributed by atoms with E-state index in [-0.39, 0.29) is 127 Å². The van der Waals surface area contributed by atoms with Crippen molar-refractivity contribution in [3.63, 3.8) is 0 Å². The van der Waals surface area contributed by atoms with Crippen LogP contribution in [-0.2, 0) is 32.1 Å². The SMILES string of the molecule is Cc1cc(Cc2ccc(O)c(C)c2O)cc(C)c1O.Cc1cc(Cc2ccc(O)c(O)c2O)cc(C)c1O.Cc1cc(Cc2ccc(O)cc2O)cc(C)c1O.Cc1cc(O)c(O)cc1C(c1ccccc1)c1cc(O)c(O)cc1C.Cc1cc(O)c(O)cc1Cc1cc(C)c(O)c(C)c1.Cc1cc(O)c(O)cc1Cc1cc(O)c(O)cc1C.Cc1ccc(C(c2ccc(O)c(C)c2O)c2ccc(O)c(C)c2O)cc1. The van der Waals surface area contributed by atoms with E-state index >= 15 is 0 Å². The monoisotopic (exact) mass is 1970 g/mol. The summed E-state index contributed by atoms with van der Waals surface area (Å²) in [6, 6.07) is 65.1. The molecule has 0 bridgehead atoms. The molecule has 25 N–H and O–H groups in total. The molecule has 0 aliphatic rings. The van der Waals surface area contributed by atoms with Crippen molar-refractivity contribution in [1.29, 1.82) is 0 Å². The summed E-state index contributed by atoms with van der Waals surface area (Å²) >= 11 is 0. The fourth-order valence-corrected chi connectivity index (χ4v) is 17.1. The maximum Gasteiger partial charge on any atom is 0.200 e. The third-order valence-corrected chi connectivity index (χ3v) is 25.6. The Hall–Kier alpha value is -17.5. The van der Waals surface area contributed by atoms with Crippen molar-refractivity contribution in [2.45, 2.75) is 162 Å². The quantitative estimate of drug-likeness (QED) is 0.0315. The zero-order valence-corrected chi connectivity index (χ0v) is 83.8. The molecule has 0 amide bonds. The van der Waals surface area contributed by atoms with Crippen molar-refractivity contribution in [1.82, 2.24) is 0 Å². The van der Waals surface area contributed by atoms with Crippen LogP contribution in [-0.4, -0.2) is 128 Å². The molecule has 16 aromatic rings. The van der Waals surface area contributed by atoms with Gasteiger partial charge in [-0.25, -0.2) is 0 Å². The molecule has 0 spiro atoms. The van der Waals surface area contributed by atoms with Gasteiger partial charge in [0.2, 0.25) is 5.75 Å². The second-order valence-corrected chi connectivity index (χ2v) is 36.8. The molecule has 0 aliphatic carbocycles. The van der Waals surface area contributed by atoms with E-state index in [1.165, 1.54) is 60.7 Å². The highest BCUT2D eigenvalue weighted by atomic mass is 16.3. The van der Waals surface area contributed by atoms with Gasteiger partial charge in [-0.05, 0) is 366 Å². The molecule has 16 aromatic carbocycles. The van der Waals surface area contributed by atoms with E-state index in [1.54, 1.807) is 101 Å². The number of phenolic OH excluding ortho intramolecular Hbond substituents is 25. The first-order valence-corrected chi connectivity index (χ1v) is 46.4. The fourth-order valence-electron chi connectivity index (χ4n) is 17.1. The third kappa shape index (κ3) is 27.0. The highest BCUT2D eigenvalue weighted by molar-refractivity contribution is 5.64. The minimum absolute atomic E-state index is 0.0132. The summed E-state index contributed by atoms with van der Waals surface area (Å²) in [7, 11) is 0. The van der Waals surface area contributed by atoms with Crippen LogP contribution in [0.15, 0.2) is 231 Å². The maximum atomic E-state index is 10.6. The van der Waals surface area contributed by atoms with Gasteiger partial charge in [0.25, 0.3) is 0 Å². The van der Waals surface area contributed by atoms with Gasteiger partial charge in [-0.1, -0.05) is 139 Å². The van der Waals surface area contributed by atoms with Crippen molar-refractivity contribution in [2.75, 3.05) is 0 Å². The highest BCUT2D eigenvalue weighted by Crippen LogP contribution is 2.49. The smallest absolute Gasteiger partial charge is 0.200 e. The lowest BCUT2D eigenvalue weighted by atomic mass is 9.81. The van der Waals surface area contributed by atoms with Gasteiger partial charge in [0.15, 0.2) is 69.0 Å². The lowest BCUT2D eigenvalue weighted by molar-refractivity contribution is 0.365. The van der Waals surface area contributed by atoms with Crippen LogP contribution in [0.2, 0.25) is 0 Å². The van der Waals surface area contributed by atoms with Gasteiger partial charge < -0.3 is 128 Å². The van der Waals surface area contributed by atoms with Crippen molar-refractivity contribution in [3.05, 3.63) is 414 Å². The van der Waals surface area contributed by atoms with Crippen LogP contribution in [0.25, 0.3) is 0 Å². The van der Waals surface area contributed by atoms with Gasteiger partial charge in [0.1, 0.15) is 69.0 Å². The molecule has 0 radical (unpaired) electrons. The molecule has 0 aliphatic heterocycles. The second-order valence-electron chi connectivity index (χ2n) is 36.8. The van der Waals surface area contributed by atoms with Crippen LogP contribution in [0, 0.1) is 118 Å². The molecule has 0 saturated carbocycles. The molecule has 0 unspecified atom stereocenters. The molecule has 16 rings (SSSR count). The van der Waals surface area contributed by atoms with Gasteiger partial charge in [0, 0.05) is 70.5 Å². The Labute approximate surface area is 842 Å². The summed E-state index contributed by atoms with van der Waals surface area (Å²) in [4.78, 5) is 0. The molecular weight excluding hydrogens is 1840 g/mol. The molecule has 0 aromatic heterocycles. The maximum absolute atomic E-state index is 10.6. The van der Waals surface area contributed by atoms with Crippen molar-refractivity contribution in [3.8, 4) is 144 Å². The summed E-state index contributed by atoms with van der Waals surface area (Å²) in [5, 5.41) is 243. The Morgan fingerprint density at radius 2 is 0.428 bits per heavy atom. The van der Waals surface area contributed by atoms with Crippen molar-refractivity contribution >= 4 is 0 Å². The van der Waals surface area contributed by atoms with Crippen molar-refractivity contribution < 1.29 is 128 Å². The number of aromatic hydroxyl groups is 25. The number of hydrogen-bond donors (Lipinski definition) is 25. The van der Waals surface area contributed by atoms with E-state index in [0.717, 1.165) is 150 Å². The average Bonchev–Trinajstić information content (AvgIpc) is 0.773. The third-order valence-electron chi connectivity index (χ3n) is 25.6. The van der Waals surface area contributed by atoms with Crippen LogP contribution in [0.4, 0.5) is 0 Å². The number of benzene rings is 16. The van der Waals surface area contributed by atoms with E-state index in [4.69, 9.17) is 0 Å². The average molecular weight is 1970 g/mol. The molecule has 0 heterocycles. The van der Waals surface area contributed by atoms with Gasteiger partial charge >= 0.3 is 0 Å². The first-order chi connectivity index (χ1) is 68.2. The molecule has 145 heavy (non-hydrogen) atoms. The van der Waals surface area contributed by atoms with Crippen LogP contribution >= 0.6 is 0 Å². The van der Waals surface area contributed by atoms with E-state index in [1.807, 2.05) is 186 Å². The van der Waals surface area contributed by atoms with Gasteiger partial charge in [-0.2, -0.15) is 0 Å². The topological polar surface area (TPSA) is 506 Å². The lowest BCUT2D eigenvalue weighted by Gasteiger charge is -2.23. The van der Waals surface area contributed by atoms with Crippen LogP contribution in [0.1, 0.15) is 195 Å². The summed E-state index contributed by atoms with van der Waals surface area (Å²) in [6.07, 6.45) is 2.69. The number of phenols is 25. The minimum Gasteiger partial charge on any atom is -0.508 e. The Morgan fingerprint density at radius 3 is 0.779 bits per heavy atom. The predicted octanol–water partition coefficient (Wildman–Crippen LogP) is 24.0. The molecule has 0 atom stereocenters. The first kappa shape index (κ1) is 110. The predicted molar refractivity (Wildman–Crippen MR) is 561 cm³/mol. The van der Waals surface area contributed by atoms with Crippen LogP contribution in [0.3, 0.4) is 0 Å². The Kier molecular flexibility index (Phi) is 35.6. The number of hydrogen-bond acceptors (Lipinski definition) is 25. The van der Waals surface area contributed by atoms with E-state index in [9.17, 15) is 128 Å². The minimum atomic E-state index is -0.510. The van der Waals surface area contributed by atoms with E-state index < -0.39 is 11.7 Å². The van der Waals surface area contributed by atoms with Crippen LogP contribution in [0.5, 0.6) is 144 Å². The largest absolute Gasteiger partial charge is 0.508 e. The van der Waals surface area contributed by atoms with Crippen LogP contribution < -0.4 is 0 Å². The normalized spacial score (nSPS) is 10.8. The Bertz CT molecular complexity index is 6970. The molecule has 756 valence electrons. The molecule has 0 fully saturated rings. The summed E-state index contributed by atoms with van der Waals surface area (Å²) in [5.41, 5.74) is 26.5.